The first-order valence-corrected chi connectivity index (χ1v) is 12.5. The molecule has 0 saturated heterocycles. The van der Waals surface area contributed by atoms with E-state index >= 15 is 0 Å². The molecule has 1 aromatic carbocycles. The van der Waals surface area contributed by atoms with Gasteiger partial charge in [-0.2, -0.15) is 0 Å². The van der Waals surface area contributed by atoms with Crippen LogP contribution in [0, 0.1) is 6.92 Å². The predicted molar refractivity (Wildman–Crippen MR) is 144 cm³/mol. The number of fused-ring (bicyclic) bond motifs is 1. The average Bonchev–Trinajstić information content (AvgIpc) is 2.80. The molecule has 0 radical (unpaired) electrons. The van der Waals surface area contributed by atoms with Gasteiger partial charge in [0.2, 0.25) is 5.91 Å². The highest BCUT2D eigenvalue weighted by Crippen LogP contribution is 2.21. The van der Waals surface area contributed by atoms with E-state index in [-0.39, 0.29) is 11.5 Å². The highest BCUT2D eigenvalue weighted by atomic mass is 16.4. The number of nitrogens with one attached hydrogen (secondary N) is 1. The van der Waals surface area contributed by atoms with Crippen molar-refractivity contribution in [2.75, 3.05) is 5.32 Å². The molecule has 4 heteroatoms. The van der Waals surface area contributed by atoms with Gasteiger partial charge in [-0.15, -0.1) is 0 Å². The number of amides is 1. The second-order valence-corrected chi connectivity index (χ2v) is 8.49. The molecule has 34 heavy (non-hydrogen) atoms. The third-order valence-corrected chi connectivity index (χ3v) is 5.47. The zero-order valence-electron chi connectivity index (χ0n) is 20.7. The summed E-state index contributed by atoms with van der Waals surface area (Å²) >= 11 is 0. The zero-order chi connectivity index (χ0) is 24.4. The predicted octanol–water partition coefficient (Wildman–Crippen LogP) is 8.19. The lowest BCUT2D eigenvalue weighted by molar-refractivity contribution is -0.116. The number of anilines is 1. The van der Waals surface area contributed by atoms with Gasteiger partial charge in [-0.05, 0) is 69.6 Å². The van der Waals surface area contributed by atoms with Gasteiger partial charge in [-0.25, -0.2) is 4.79 Å². The van der Waals surface area contributed by atoms with Crippen LogP contribution in [0.1, 0.15) is 76.7 Å². The van der Waals surface area contributed by atoms with E-state index in [0.29, 0.717) is 17.7 Å². The average molecular weight is 462 g/mol. The lowest BCUT2D eigenvalue weighted by Gasteiger charge is -2.06. The summed E-state index contributed by atoms with van der Waals surface area (Å²) in [7, 11) is 0. The van der Waals surface area contributed by atoms with E-state index < -0.39 is 0 Å². The third kappa shape index (κ3) is 11.1. The number of aryl methyl sites for hydroxylation is 1. The Morgan fingerprint density at radius 1 is 0.853 bits per heavy atom. The minimum Gasteiger partial charge on any atom is -0.423 e. The van der Waals surface area contributed by atoms with Crippen LogP contribution in [0.25, 0.3) is 11.0 Å². The van der Waals surface area contributed by atoms with Gasteiger partial charge >= 0.3 is 5.63 Å². The summed E-state index contributed by atoms with van der Waals surface area (Å²) in [6.45, 7) is 4.10. The van der Waals surface area contributed by atoms with Crippen molar-refractivity contribution >= 4 is 22.6 Å². The second kappa shape index (κ2) is 16.5. The zero-order valence-corrected chi connectivity index (χ0v) is 20.7. The molecule has 4 nitrogen and oxygen atoms in total. The Bertz CT molecular complexity index is 1060. The highest BCUT2D eigenvalue weighted by molar-refractivity contribution is 5.93. The lowest BCUT2D eigenvalue weighted by atomic mass is 10.1. The van der Waals surface area contributed by atoms with Gasteiger partial charge in [-0.3, -0.25) is 4.79 Å². The molecule has 0 saturated carbocycles. The number of benzene rings is 1. The molecule has 0 aliphatic rings. The monoisotopic (exact) mass is 461 g/mol. The smallest absolute Gasteiger partial charge is 0.336 e. The van der Waals surface area contributed by atoms with Crippen molar-refractivity contribution in [3.63, 3.8) is 0 Å². The molecule has 0 aliphatic carbocycles. The molecular formula is C30H39NO3. The fourth-order valence-electron chi connectivity index (χ4n) is 3.57. The van der Waals surface area contributed by atoms with E-state index in [2.05, 4.69) is 60.8 Å². The summed E-state index contributed by atoms with van der Waals surface area (Å²) in [4.78, 5) is 23.7. The first kappa shape index (κ1) is 27.1. The van der Waals surface area contributed by atoms with E-state index in [1.807, 2.05) is 19.1 Å². The summed E-state index contributed by atoms with van der Waals surface area (Å²) in [6, 6.07) is 6.87. The number of unbranched alkanes of at least 4 members (excludes halogenated alkanes) is 4. The highest BCUT2D eigenvalue weighted by Gasteiger charge is 2.06. The Labute approximate surface area is 204 Å². The van der Waals surface area contributed by atoms with Gasteiger partial charge in [0.15, 0.2) is 0 Å². The van der Waals surface area contributed by atoms with Crippen LogP contribution in [0.5, 0.6) is 0 Å². The van der Waals surface area contributed by atoms with Crippen LogP contribution in [0.2, 0.25) is 0 Å². The molecular weight excluding hydrogens is 422 g/mol. The van der Waals surface area contributed by atoms with Crippen LogP contribution in [0.15, 0.2) is 82.1 Å². The molecule has 2 aromatic rings. The molecule has 0 bridgehead atoms. The summed E-state index contributed by atoms with van der Waals surface area (Å²) in [5.74, 6) is -0.0368. The maximum atomic E-state index is 12.2. The van der Waals surface area contributed by atoms with Gasteiger partial charge in [-0.1, -0.05) is 68.4 Å². The number of carbonyl (C=O) groups excluding carboxylic acids is 1. The Morgan fingerprint density at radius 2 is 1.47 bits per heavy atom. The summed E-state index contributed by atoms with van der Waals surface area (Å²) in [6.07, 6.45) is 27.7. The van der Waals surface area contributed by atoms with Crippen LogP contribution in [-0.4, -0.2) is 5.91 Å². The molecule has 0 atom stereocenters. The fraction of sp³-hybridized carbons (Fsp3) is 0.400. The molecule has 1 aromatic heterocycles. The van der Waals surface area contributed by atoms with Crippen molar-refractivity contribution in [2.45, 2.75) is 78.1 Å². The standard InChI is InChI=1S/C30H39NO3/c1-3-4-5-6-7-8-9-10-11-12-13-14-15-16-17-18-19-20-29(32)31-26-21-22-27-25(2)23-30(33)34-28(27)24-26/h7-8,10-11,13-14,16-17,21-24H,3-6,9,12,15,18-20H2,1-2H3,(H,31,32)/b8-7+,11-10+,14-13+,17-16+. The topological polar surface area (TPSA) is 59.3 Å². The van der Waals surface area contributed by atoms with Gasteiger partial charge in [0.1, 0.15) is 5.58 Å². The number of carbonyl (C=O) groups is 1. The van der Waals surface area contributed by atoms with Crippen molar-refractivity contribution in [1.29, 1.82) is 0 Å². The fourth-order valence-corrected chi connectivity index (χ4v) is 3.57. The number of rotatable bonds is 15. The number of hydrogen-bond donors (Lipinski definition) is 1. The van der Waals surface area contributed by atoms with Crippen LogP contribution in [0.4, 0.5) is 5.69 Å². The maximum absolute atomic E-state index is 12.2. The minimum atomic E-state index is -0.382. The van der Waals surface area contributed by atoms with Gasteiger partial charge in [0, 0.05) is 29.6 Å². The van der Waals surface area contributed by atoms with E-state index in [0.717, 1.165) is 43.1 Å². The van der Waals surface area contributed by atoms with Gasteiger partial charge < -0.3 is 9.73 Å². The second-order valence-electron chi connectivity index (χ2n) is 8.49. The minimum absolute atomic E-state index is 0.0368. The number of allylic oxidation sites excluding steroid dienone is 8. The Kier molecular flexibility index (Phi) is 13.1. The van der Waals surface area contributed by atoms with Crippen molar-refractivity contribution in [3.8, 4) is 0 Å². The Morgan fingerprint density at radius 3 is 2.12 bits per heavy atom. The summed E-state index contributed by atoms with van der Waals surface area (Å²) in [5, 5.41) is 3.75. The summed E-state index contributed by atoms with van der Waals surface area (Å²) in [5.41, 5.74) is 1.61. The van der Waals surface area contributed by atoms with E-state index in [1.165, 1.54) is 31.7 Å². The van der Waals surface area contributed by atoms with Crippen molar-refractivity contribution in [3.05, 3.63) is 88.9 Å². The Hall–Kier alpha value is -3.14. The molecule has 1 amide bonds. The molecule has 0 fully saturated rings. The molecule has 0 aliphatic heterocycles. The van der Waals surface area contributed by atoms with E-state index in [9.17, 15) is 9.59 Å². The Balaban J connectivity index is 1.55. The summed E-state index contributed by atoms with van der Waals surface area (Å²) < 4.78 is 5.23. The molecule has 2 rings (SSSR count). The van der Waals surface area contributed by atoms with Crippen molar-refractivity contribution in [2.24, 2.45) is 0 Å². The molecule has 1 heterocycles. The maximum Gasteiger partial charge on any atom is 0.336 e. The largest absolute Gasteiger partial charge is 0.423 e. The lowest BCUT2D eigenvalue weighted by Crippen LogP contribution is -2.11. The van der Waals surface area contributed by atoms with Crippen LogP contribution >= 0.6 is 0 Å². The van der Waals surface area contributed by atoms with E-state index in [1.54, 1.807) is 6.07 Å². The third-order valence-electron chi connectivity index (χ3n) is 5.47. The van der Waals surface area contributed by atoms with Gasteiger partial charge in [0.05, 0.1) is 0 Å². The normalized spacial score (nSPS) is 12.2. The SMILES string of the molecule is CCCCC/C=C/C/C=C/C/C=C/C/C=C/CCCC(=O)Nc1ccc2c(C)cc(=O)oc2c1. The quantitative estimate of drug-likeness (QED) is 0.165. The van der Waals surface area contributed by atoms with Crippen LogP contribution in [0.3, 0.4) is 0 Å². The molecule has 0 spiro atoms. The van der Waals surface area contributed by atoms with Crippen molar-refractivity contribution < 1.29 is 9.21 Å². The van der Waals surface area contributed by atoms with Crippen LogP contribution in [-0.2, 0) is 4.79 Å². The molecule has 0 unspecified atom stereocenters. The molecule has 1 N–H and O–H groups in total. The van der Waals surface area contributed by atoms with E-state index in [4.69, 9.17) is 4.42 Å². The van der Waals surface area contributed by atoms with Crippen molar-refractivity contribution in [1.82, 2.24) is 0 Å². The first-order valence-electron chi connectivity index (χ1n) is 12.5. The molecule has 182 valence electrons. The van der Waals surface area contributed by atoms with Crippen LogP contribution < -0.4 is 10.9 Å². The van der Waals surface area contributed by atoms with Gasteiger partial charge in [0.25, 0.3) is 0 Å². The first-order chi connectivity index (χ1) is 16.6. The number of hydrogen-bond acceptors (Lipinski definition) is 3.